The van der Waals surface area contributed by atoms with E-state index >= 15 is 0 Å². The Labute approximate surface area is 104 Å². The zero-order chi connectivity index (χ0) is 12.9. The zero-order valence-electron chi connectivity index (χ0n) is 10.2. The minimum atomic E-state index is -0.163. The van der Waals surface area contributed by atoms with Crippen molar-refractivity contribution in [3.05, 3.63) is 41.7 Å². The number of aromatic hydroxyl groups is 1. The van der Waals surface area contributed by atoms with Crippen LogP contribution in [0.5, 0.6) is 5.75 Å². The van der Waals surface area contributed by atoms with Gasteiger partial charge in [-0.3, -0.25) is 4.79 Å². The summed E-state index contributed by atoms with van der Waals surface area (Å²) < 4.78 is 5.66. The molecule has 0 saturated heterocycles. The summed E-state index contributed by atoms with van der Waals surface area (Å²) in [6, 6.07) is 9.16. The number of fused-ring (bicyclic) bond motifs is 3. The van der Waals surface area contributed by atoms with E-state index in [1.54, 1.807) is 12.1 Å². The Morgan fingerprint density at radius 2 is 1.83 bits per heavy atom. The molecule has 0 atom stereocenters. The molecule has 3 nitrogen and oxygen atoms in total. The molecule has 0 amide bonds. The van der Waals surface area contributed by atoms with Crippen molar-refractivity contribution in [1.82, 2.24) is 0 Å². The Morgan fingerprint density at radius 3 is 2.50 bits per heavy atom. The monoisotopic (exact) mass is 240 g/mol. The van der Waals surface area contributed by atoms with Gasteiger partial charge in [-0.2, -0.15) is 0 Å². The molecule has 0 aliphatic carbocycles. The highest BCUT2D eigenvalue weighted by Gasteiger charge is 2.19. The predicted octanol–water partition coefficient (Wildman–Crippen LogP) is 3.80. The quantitative estimate of drug-likeness (QED) is 0.658. The zero-order valence-corrected chi connectivity index (χ0v) is 10.2. The van der Waals surface area contributed by atoms with E-state index in [-0.39, 0.29) is 11.5 Å². The first-order chi connectivity index (χ1) is 8.59. The van der Waals surface area contributed by atoms with Crippen LogP contribution in [0, 0.1) is 6.92 Å². The second-order valence-electron chi connectivity index (χ2n) is 4.43. The van der Waals surface area contributed by atoms with Gasteiger partial charge in [0.25, 0.3) is 0 Å². The third kappa shape index (κ3) is 1.34. The van der Waals surface area contributed by atoms with Crippen LogP contribution in [-0.4, -0.2) is 10.9 Å². The number of carbonyl (C=O) groups excluding carboxylic acids is 1. The number of phenols is 1. The fourth-order valence-electron chi connectivity index (χ4n) is 2.41. The number of phenolic OH excluding ortho intramolecular Hbond substituents is 1. The maximum absolute atomic E-state index is 11.7. The molecule has 0 aliphatic rings. The van der Waals surface area contributed by atoms with Gasteiger partial charge < -0.3 is 9.52 Å². The number of aryl methyl sites for hydroxylation is 1. The lowest BCUT2D eigenvalue weighted by Crippen LogP contribution is -1.94. The molecule has 0 aliphatic heterocycles. The van der Waals surface area contributed by atoms with E-state index < -0.39 is 0 Å². The van der Waals surface area contributed by atoms with E-state index in [4.69, 9.17) is 4.42 Å². The van der Waals surface area contributed by atoms with Crippen molar-refractivity contribution >= 4 is 27.5 Å². The number of hydrogen-bond donors (Lipinski definition) is 1. The topological polar surface area (TPSA) is 50.4 Å². The number of furan rings is 1. The van der Waals surface area contributed by atoms with E-state index in [9.17, 15) is 9.90 Å². The van der Waals surface area contributed by atoms with Gasteiger partial charge in [-0.15, -0.1) is 0 Å². The molecule has 0 radical (unpaired) electrons. The molecule has 3 heteroatoms. The number of carbonyl (C=O) groups is 1. The SMILES string of the molecule is CC(=O)c1c(O)c2ccccc2c2oc(C)cc12. The van der Waals surface area contributed by atoms with Gasteiger partial charge in [0.2, 0.25) is 0 Å². The molecular formula is C15H12O3. The van der Waals surface area contributed by atoms with Gasteiger partial charge >= 0.3 is 0 Å². The van der Waals surface area contributed by atoms with Crippen molar-refractivity contribution in [2.75, 3.05) is 0 Å². The molecule has 0 bridgehead atoms. The van der Waals surface area contributed by atoms with Gasteiger partial charge in [0.05, 0.1) is 5.56 Å². The maximum Gasteiger partial charge on any atom is 0.164 e. The fourth-order valence-corrected chi connectivity index (χ4v) is 2.41. The van der Waals surface area contributed by atoms with Gasteiger partial charge in [0.1, 0.15) is 17.1 Å². The molecule has 2 aromatic carbocycles. The number of Topliss-reactive ketones (excluding diaryl/α,β-unsaturated/α-hetero) is 1. The van der Waals surface area contributed by atoms with Crippen LogP contribution < -0.4 is 0 Å². The standard InChI is InChI=1S/C15H12O3/c1-8-7-12-13(9(2)16)14(17)10-5-3-4-6-11(10)15(12)18-8/h3-7,17H,1-2H3. The molecular weight excluding hydrogens is 228 g/mol. The summed E-state index contributed by atoms with van der Waals surface area (Å²) in [5.74, 6) is 0.596. The third-order valence-electron chi connectivity index (χ3n) is 3.14. The van der Waals surface area contributed by atoms with E-state index in [0.29, 0.717) is 21.9 Å². The fraction of sp³-hybridized carbons (Fsp3) is 0.133. The number of rotatable bonds is 1. The highest BCUT2D eigenvalue weighted by molar-refractivity contribution is 6.18. The number of benzene rings is 2. The highest BCUT2D eigenvalue weighted by Crippen LogP contribution is 2.38. The van der Waals surface area contributed by atoms with Crippen LogP contribution in [0.25, 0.3) is 21.7 Å². The number of ketones is 1. The molecule has 0 saturated carbocycles. The van der Waals surface area contributed by atoms with Crippen LogP contribution in [0.3, 0.4) is 0 Å². The van der Waals surface area contributed by atoms with Gasteiger partial charge in [-0.25, -0.2) is 0 Å². The first-order valence-electron chi connectivity index (χ1n) is 5.74. The van der Waals surface area contributed by atoms with Crippen molar-refractivity contribution in [3.63, 3.8) is 0 Å². The van der Waals surface area contributed by atoms with E-state index in [1.165, 1.54) is 6.92 Å². The summed E-state index contributed by atoms with van der Waals surface area (Å²) in [6.07, 6.45) is 0. The molecule has 3 rings (SSSR count). The molecule has 0 unspecified atom stereocenters. The van der Waals surface area contributed by atoms with Gasteiger partial charge in [-0.05, 0) is 19.9 Å². The summed E-state index contributed by atoms with van der Waals surface area (Å²) in [5.41, 5.74) is 0.992. The first-order valence-corrected chi connectivity index (χ1v) is 5.74. The van der Waals surface area contributed by atoms with Crippen LogP contribution in [0.15, 0.2) is 34.7 Å². The summed E-state index contributed by atoms with van der Waals surface area (Å²) >= 11 is 0. The Hall–Kier alpha value is -2.29. The van der Waals surface area contributed by atoms with Gasteiger partial charge in [0, 0.05) is 16.2 Å². The minimum Gasteiger partial charge on any atom is -0.507 e. The summed E-state index contributed by atoms with van der Waals surface area (Å²) in [5, 5.41) is 12.4. The Kier molecular flexibility index (Phi) is 2.17. The molecule has 1 N–H and O–H groups in total. The largest absolute Gasteiger partial charge is 0.507 e. The normalized spacial score (nSPS) is 11.2. The summed E-state index contributed by atoms with van der Waals surface area (Å²) in [6.45, 7) is 3.28. The Morgan fingerprint density at radius 1 is 1.17 bits per heavy atom. The second-order valence-corrected chi connectivity index (χ2v) is 4.43. The van der Waals surface area contributed by atoms with Crippen LogP contribution in [0.2, 0.25) is 0 Å². The lowest BCUT2D eigenvalue weighted by atomic mass is 9.99. The van der Waals surface area contributed by atoms with Crippen molar-refractivity contribution in [2.45, 2.75) is 13.8 Å². The van der Waals surface area contributed by atoms with Crippen molar-refractivity contribution in [3.8, 4) is 5.75 Å². The Balaban J connectivity index is 2.65. The Bertz CT molecular complexity index is 781. The van der Waals surface area contributed by atoms with E-state index in [1.807, 2.05) is 25.1 Å². The van der Waals surface area contributed by atoms with E-state index in [0.717, 1.165) is 11.1 Å². The van der Waals surface area contributed by atoms with Crippen LogP contribution in [-0.2, 0) is 0 Å². The molecule has 1 aromatic heterocycles. The van der Waals surface area contributed by atoms with Crippen LogP contribution in [0.4, 0.5) is 0 Å². The third-order valence-corrected chi connectivity index (χ3v) is 3.14. The lowest BCUT2D eigenvalue weighted by Gasteiger charge is -2.07. The van der Waals surface area contributed by atoms with Crippen molar-refractivity contribution < 1.29 is 14.3 Å². The van der Waals surface area contributed by atoms with Crippen LogP contribution in [0.1, 0.15) is 23.0 Å². The second kappa shape index (κ2) is 3.60. The minimum absolute atomic E-state index is 0.0337. The number of hydrogen-bond acceptors (Lipinski definition) is 3. The average molecular weight is 240 g/mol. The van der Waals surface area contributed by atoms with Gasteiger partial charge in [0.15, 0.2) is 5.78 Å². The highest BCUT2D eigenvalue weighted by atomic mass is 16.3. The molecule has 1 heterocycles. The molecule has 0 fully saturated rings. The summed E-state index contributed by atoms with van der Waals surface area (Å²) in [4.78, 5) is 11.7. The van der Waals surface area contributed by atoms with Crippen molar-refractivity contribution in [1.29, 1.82) is 0 Å². The first kappa shape index (κ1) is 10.8. The molecule has 0 spiro atoms. The predicted molar refractivity (Wildman–Crippen MR) is 70.1 cm³/mol. The van der Waals surface area contributed by atoms with Gasteiger partial charge in [-0.1, -0.05) is 24.3 Å². The maximum atomic E-state index is 11.7. The lowest BCUT2D eigenvalue weighted by molar-refractivity contribution is 0.101. The molecule has 90 valence electrons. The average Bonchev–Trinajstić information content (AvgIpc) is 2.70. The van der Waals surface area contributed by atoms with E-state index in [2.05, 4.69) is 0 Å². The smallest absolute Gasteiger partial charge is 0.164 e. The molecule has 3 aromatic rings. The van der Waals surface area contributed by atoms with Crippen LogP contribution >= 0.6 is 0 Å². The molecule has 18 heavy (non-hydrogen) atoms. The van der Waals surface area contributed by atoms with Crippen molar-refractivity contribution in [2.24, 2.45) is 0 Å². The summed E-state index contributed by atoms with van der Waals surface area (Å²) in [7, 11) is 0.